The molecule has 0 spiro atoms. The molecule has 0 saturated carbocycles. The van der Waals surface area contributed by atoms with Crippen molar-refractivity contribution in [2.45, 2.75) is 19.3 Å². The monoisotopic (exact) mass is 298 g/mol. The number of halogens is 1. The van der Waals surface area contributed by atoms with E-state index in [2.05, 4.69) is 4.98 Å². The van der Waals surface area contributed by atoms with E-state index in [0.717, 1.165) is 30.6 Å². The minimum atomic E-state index is -2.79. The number of hydrogen-bond donors (Lipinski definition) is 0. The highest BCUT2D eigenvalue weighted by atomic mass is 35.5. The number of aromatic nitrogens is 2. The van der Waals surface area contributed by atoms with Crippen LogP contribution in [-0.2, 0) is 16.3 Å². The number of imidazole rings is 1. The Bertz CT molecular complexity index is 695. The molecule has 1 fully saturated rings. The summed E-state index contributed by atoms with van der Waals surface area (Å²) in [5.41, 5.74) is 1.82. The molecule has 0 aliphatic carbocycles. The average Bonchev–Trinajstić information content (AvgIpc) is 2.76. The Morgan fingerprint density at radius 1 is 1.32 bits per heavy atom. The van der Waals surface area contributed by atoms with Gasteiger partial charge in [-0.25, -0.2) is 13.4 Å². The fraction of sp³-hybridized carbons (Fsp3) is 0.462. The van der Waals surface area contributed by atoms with E-state index in [-0.39, 0.29) is 0 Å². The maximum absolute atomic E-state index is 11.4. The molecule has 4 nitrogen and oxygen atoms in total. The van der Waals surface area contributed by atoms with Crippen molar-refractivity contribution in [3.05, 3.63) is 35.2 Å². The fourth-order valence-electron chi connectivity index (χ4n) is 2.56. The lowest BCUT2D eigenvalue weighted by atomic mass is 9.97. The van der Waals surface area contributed by atoms with E-state index in [1.807, 2.05) is 28.8 Å². The zero-order valence-corrected chi connectivity index (χ0v) is 12.0. The molecule has 1 aliphatic rings. The molecule has 0 bridgehead atoms. The minimum Gasteiger partial charge on any atom is -0.290 e. The van der Waals surface area contributed by atoms with Gasteiger partial charge in [0.15, 0.2) is 0 Å². The highest BCUT2D eigenvalue weighted by Gasteiger charge is 2.24. The molecule has 3 rings (SSSR count). The molecule has 102 valence electrons. The molecule has 19 heavy (non-hydrogen) atoms. The van der Waals surface area contributed by atoms with Crippen LogP contribution in [0.5, 0.6) is 0 Å². The zero-order chi connectivity index (χ0) is 13.5. The molecule has 0 amide bonds. The topological polar surface area (TPSA) is 51.4 Å². The first-order valence-corrected chi connectivity index (χ1v) is 8.56. The molecule has 0 atom stereocenters. The third kappa shape index (κ3) is 2.77. The second kappa shape index (κ2) is 4.80. The Kier molecular flexibility index (Phi) is 3.27. The largest absolute Gasteiger partial charge is 0.290 e. The summed E-state index contributed by atoms with van der Waals surface area (Å²) in [6.07, 6.45) is 4.25. The van der Waals surface area contributed by atoms with Crippen LogP contribution in [0.4, 0.5) is 0 Å². The molecular formula is C13H15ClN2O2S. The first-order valence-electron chi connectivity index (χ1n) is 6.36. The van der Waals surface area contributed by atoms with Crippen molar-refractivity contribution in [2.75, 3.05) is 11.5 Å². The van der Waals surface area contributed by atoms with Crippen molar-refractivity contribution in [1.29, 1.82) is 0 Å². The molecule has 0 unspecified atom stereocenters. The summed E-state index contributed by atoms with van der Waals surface area (Å²) < 4.78 is 24.7. The van der Waals surface area contributed by atoms with Crippen molar-refractivity contribution < 1.29 is 8.42 Å². The summed E-state index contributed by atoms with van der Waals surface area (Å²) in [5.74, 6) is 1.03. The Morgan fingerprint density at radius 3 is 2.74 bits per heavy atom. The lowest BCUT2D eigenvalue weighted by Gasteiger charge is -2.20. The van der Waals surface area contributed by atoms with Crippen LogP contribution in [-0.4, -0.2) is 29.3 Å². The van der Waals surface area contributed by atoms with Gasteiger partial charge in [-0.15, -0.1) is 0 Å². The molecule has 0 N–H and O–H groups in total. The highest BCUT2D eigenvalue weighted by Crippen LogP contribution is 2.23. The third-order valence-electron chi connectivity index (χ3n) is 3.66. The van der Waals surface area contributed by atoms with Gasteiger partial charge in [-0.2, -0.15) is 0 Å². The van der Waals surface area contributed by atoms with Gasteiger partial charge in [0.1, 0.15) is 20.6 Å². The van der Waals surface area contributed by atoms with Crippen LogP contribution in [0.3, 0.4) is 0 Å². The van der Waals surface area contributed by atoms with E-state index in [9.17, 15) is 8.42 Å². The summed E-state index contributed by atoms with van der Waals surface area (Å²) in [6.45, 7) is 0. The number of pyridine rings is 1. The van der Waals surface area contributed by atoms with Crippen LogP contribution in [0.25, 0.3) is 5.65 Å². The Balaban J connectivity index is 1.77. The van der Waals surface area contributed by atoms with E-state index in [1.54, 1.807) is 0 Å². The molecule has 0 radical (unpaired) electrons. The Hall–Kier alpha value is -1.07. The van der Waals surface area contributed by atoms with Gasteiger partial charge in [0, 0.05) is 6.20 Å². The van der Waals surface area contributed by atoms with Crippen LogP contribution in [0.15, 0.2) is 24.4 Å². The van der Waals surface area contributed by atoms with Crippen molar-refractivity contribution in [1.82, 2.24) is 9.38 Å². The van der Waals surface area contributed by atoms with Gasteiger partial charge in [0.05, 0.1) is 17.2 Å². The fourth-order valence-corrected chi connectivity index (χ4v) is 4.36. The third-order valence-corrected chi connectivity index (χ3v) is 5.69. The number of rotatable bonds is 2. The van der Waals surface area contributed by atoms with Crippen molar-refractivity contribution >= 4 is 27.1 Å². The molecule has 1 saturated heterocycles. The molecule has 2 aromatic rings. The lowest BCUT2D eigenvalue weighted by Crippen LogP contribution is -2.24. The number of hydrogen-bond acceptors (Lipinski definition) is 3. The second-order valence-corrected chi connectivity index (χ2v) is 7.80. The van der Waals surface area contributed by atoms with Gasteiger partial charge < -0.3 is 0 Å². The van der Waals surface area contributed by atoms with Crippen LogP contribution in [0.2, 0.25) is 5.15 Å². The average molecular weight is 299 g/mol. The van der Waals surface area contributed by atoms with Gasteiger partial charge >= 0.3 is 0 Å². The summed E-state index contributed by atoms with van der Waals surface area (Å²) >= 11 is 6.09. The highest BCUT2D eigenvalue weighted by molar-refractivity contribution is 7.91. The van der Waals surface area contributed by atoms with Crippen molar-refractivity contribution in [3.63, 3.8) is 0 Å². The standard InChI is InChI=1S/C13H15ClN2O2S/c14-12-2-1-3-13-15-11(9-16(12)13)8-10-4-6-19(17,18)7-5-10/h1-3,9-10H,4-8H2. The van der Waals surface area contributed by atoms with Gasteiger partial charge in [0.2, 0.25) is 0 Å². The van der Waals surface area contributed by atoms with Gasteiger partial charge in [-0.05, 0) is 37.3 Å². The molecule has 1 aliphatic heterocycles. The normalized spacial score (nSPS) is 19.8. The first-order chi connectivity index (χ1) is 9.03. The predicted octanol–water partition coefficient (Wildman–Crippen LogP) is 2.36. The maximum Gasteiger partial charge on any atom is 0.150 e. The van der Waals surface area contributed by atoms with Gasteiger partial charge in [0.25, 0.3) is 0 Å². The second-order valence-electron chi connectivity index (χ2n) is 5.11. The minimum absolute atomic E-state index is 0.311. The van der Waals surface area contributed by atoms with Crippen molar-refractivity contribution in [3.8, 4) is 0 Å². The molecule has 6 heteroatoms. The molecular weight excluding hydrogens is 284 g/mol. The quantitative estimate of drug-likeness (QED) is 0.800. The Labute approximate surface area is 117 Å². The van der Waals surface area contributed by atoms with Crippen LogP contribution >= 0.6 is 11.6 Å². The van der Waals surface area contributed by atoms with E-state index in [1.165, 1.54) is 0 Å². The van der Waals surface area contributed by atoms with E-state index in [4.69, 9.17) is 11.6 Å². The summed E-state index contributed by atoms with van der Waals surface area (Å²) in [6, 6.07) is 5.62. The van der Waals surface area contributed by atoms with E-state index in [0.29, 0.717) is 22.6 Å². The van der Waals surface area contributed by atoms with Gasteiger partial charge in [-0.1, -0.05) is 17.7 Å². The smallest absolute Gasteiger partial charge is 0.150 e. The van der Waals surface area contributed by atoms with Crippen molar-refractivity contribution in [2.24, 2.45) is 5.92 Å². The van der Waals surface area contributed by atoms with Gasteiger partial charge in [-0.3, -0.25) is 4.40 Å². The van der Waals surface area contributed by atoms with E-state index < -0.39 is 9.84 Å². The first kappa shape index (κ1) is 12.9. The zero-order valence-electron chi connectivity index (χ0n) is 10.4. The van der Waals surface area contributed by atoms with E-state index >= 15 is 0 Å². The molecule has 3 heterocycles. The summed E-state index contributed by atoms with van der Waals surface area (Å²) in [7, 11) is -2.79. The van der Waals surface area contributed by atoms with Crippen LogP contribution < -0.4 is 0 Å². The molecule has 2 aromatic heterocycles. The van der Waals surface area contributed by atoms with Crippen LogP contribution in [0.1, 0.15) is 18.5 Å². The summed E-state index contributed by atoms with van der Waals surface area (Å²) in [5, 5.41) is 0.641. The summed E-state index contributed by atoms with van der Waals surface area (Å²) in [4.78, 5) is 4.53. The predicted molar refractivity (Wildman–Crippen MR) is 75.3 cm³/mol. The maximum atomic E-state index is 11.4. The lowest BCUT2D eigenvalue weighted by molar-refractivity contribution is 0.459. The number of fused-ring (bicyclic) bond motifs is 1. The Morgan fingerprint density at radius 2 is 2.05 bits per heavy atom. The number of sulfone groups is 1. The number of nitrogens with zero attached hydrogens (tertiary/aromatic N) is 2. The molecule has 0 aromatic carbocycles. The van der Waals surface area contributed by atoms with Crippen LogP contribution in [0, 0.1) is 5.92 Å². The SMILES string of the molecule is O=S1(=O)CCC(Cc2cn3c(Cl)cccc3n2)CC1.